The van der Waals surface area contributed by atoms with E-state index < -0.39 is 0 Å². The second-order valence-electron chi connectivity index (χ2n) is 5.60. The van der Waals surface area contributed by atoms with Crippen LogP contribution in [0.4, 0.5) is 5.82 Å². The third-order valence-electron chi connectivity index (χ3n) is 4.08. The first kappa shape index (κ1) is 14.7. The van der Waals surface area contributed by atoms with Crippen molar-refractivity contribution in [2.45, 2.75) is 33.1 Å². The van der Waals surface area contributed by atoms with Crippen molar-refractivity contribution < 1.29 is 4.74 Å². The first-order chi connectivity index (χ1) is 10.3. The van der Waals surface area contributed by atoms with Gasteiger partial charge >= 0.3 is 0 Å². The highest BCUT2D eigenvalue weighted by atomic mass is 32.1. The molecule has 0 bridgehead atoms. The van der Waals surface area contributed by atoms with Crippen LogP contribution in [-0.2, 0) is 11.2 Å². The standard InChI is InChI=1S/C16H23N3OS/c1-3-13-8-14-15(17-11-18-16(14)21-13)19-7-5-6-12(9-19)10-20-4-2/h8,11-12H,3-7,9-10H2,1-2H3. The van der Waals surface area contributed by atoms with Gasteiger partial charge in [0, 0.05) is 24.6 Å². The molecule has 1 fully saturated rings. The predicted octanol–water partition coefficient (Wildman–Crippen LogP) is 3.51. The van der Waals surface area contributed by atoms with Gasteiger partial charge in [0.25, 0.3) is 0 Å². The van der Waals surface area contributed by atoms with Gasteiger partial charge in [-0.3, -0.25) is 0 Å². The van der Waals surface area contributed by atoms with Gasteiger partial charge in [0.1, 0.15) is 17.0 Å². The Morgan fingerprint density at radius 1 is 1.38 bits per heavy atom. The van der Waals surface area contributed by atoms with E-state index in [0.29, 0.717) is 5.92 Å². The minimum atomic E-state index is 0.619. The lowest BCUT2D eigenvalue weighted by molar-refractivity contribution is 0.104. The Morgan fingerprint density at radius 3 is 3.10 bits per heavy atom. The smallest absolute Gasteiger partial charge is 0.140 e. The Hall–Kier alpha value is -1.20. The van der Waals surface area contributed by atoms with Gasteiger partial charge in [0.15, 0.2) is 0 Å². The Morgan fingerprint density at radius 2 is 2.29 bits per heavy atom. The van der Waals surface area contributed by atoms with Crippen molar-refractivity contribution in [2.24, 2.45) is 5.92 Å². The summed E-state index contributed by atoms with van der Waals surface area (Å²) in [6.07, 6.45) is 5.25. The predicted molar refractivity (Wildman–Crippen MR) is 88.2 cm³/mol. The van der Waals surface area contributed by atoms with E-state index >= 15 is 0 Å². The lowest BCUT2D eigenvalue weighted by Gasteiger charge is -2.33. The van der Waals surface area contributed by atoms with E-state index in [0.717, 1.165) is 43.4 Å². The van der Waals surface area contributed by atoms with Gasteiger partial charge < -0.3 is 9.64 Å². The summed E-state index contributed by atoms with van der Waals surface area (Å²) in [6.45, 7) is 8.06. The highest BCUT2D eigenvalue weighted by Crippen LogP contribution is 2.32. The van der Waals surface area contributed by atoms with Crippen molar-refractivity contribution in [1.29, 1.82) is 0 Å². The molecule has 2 aromatic heterocycles. The molecule has 0 saturated carbocycles. The summed E-state index contributed by atoms with van der Waals surface area (Å²) < 4.78 is 5.61. The van der Waals surface area contributed by atoms with Crippen molar-refractivity contribution in [1.82, 2.24) is 9.97 Å². The molecule has 0 N–H and O–H groups in total. The molecular weight excluding hydrogens is 282 g/mol. The molecule has 1 aliphatic heterocycles. The summed E-state index contributed by atoms with van der Waals surface area (Å²) in [5.74, 6) is 1.73. The molecule has 0 spiro atoms. The molecule has 0 radical (unpaired) electrons. The number of piperidine rings is 1. The minimum Gasteiger partial charge on any atom is -0.381 e. The number of aryl methyl sites for hydroxylation is 1. The zero-order chi connectivity index (χ0) is 14.7. The summed E-state index contributed by atoms with van der Waals surface area (Å²) in [5, 5.41) is 1.22. The van der Waals surface area contributed by atoms with Crippen LogP contribution in [0.25, 0.3) is 10.2 Å². The van der Waals surface area contributed by atoms with Crippen LogP contribution in [0.3, 0.4) is 0 Å². The molecule has 2 aromatic rings. The maximum Gasteiger partial charge on any atom is 0.140 e. The third kappa shape index (κ3) is 3.19. The van der Waals surface area contributed by atoms with Gasteiger partial charge in [-0.15, -0.1) is 11.3 Å². The van der Waals surface area contributed by atoms with Crippen molar-refractivity contribution in [3.05, 3.63) is 17.3 Å². The Bertz CT molecular complexity index is 598. The summed E-state index contributed by atoms with van der Waals surface area (Å²) in [6, 6.07) is 2.27. The molecule has 1 aliphatic rings. The number of hydrogen-bond donors (Lipinski definition) is 0. The maximum absolute atomic E-state index is 5.61. The van der Waals surface area contributed by atoms with Crippen LogP contribution in [0, 0.1) is 5.92 Å². The average molecular weight is 305 g/mol. The fraction of sp³-hybridized carbons (Fsp3) is 0.625. The van der Waals surface area contributed by atoms with Gasteiger partial charge in [0.2, 0.25) is 0 Å². The molecule has 3 rings (SSSR count). The molecule has 114 valence electrons. The number of anilines is 1. The van der Waals surface area contributed by atoms with Gasteiger partial charge in [0.05, 0.1) is 12.0 Å². The second kappa shape index (κ2) is 6.71. The van der Waals surface area contributed by atoms with Crippen molar-refractivity contribution in [2.75, 3.05) is 31.2 Å². The first-order valence-electron chi connectivity index (χ1n) is 7.88. The topological polar surface area (TPSA) is 38.2 Å². The highest BCUT2D eigenvalue weighted by Gasteiger charge is 2.23. The fourth-order valence-electron chi connectivity index (χ4n) is 3.00. The van der Waals surface area contributed by atoms with E-state index in [9.17, 15) is 0 Å². The number of aromatic nitrogens is 2. The summed E-state index contributed by atoms with van der Waals surface area (Å²) in [5.41, 5.74) is 0. The minimum absolute atomic E-state index is 0.619. The normalized spacial score (nSPS) is 19.3. The van der Waals surface area contributed by atoms with E-state index in [1.54, 1.807) is 17.7 Å². The molecule has 0 aromatic carbocycles. The van der Waals surface area contributed by atoms with Gasteiger partial charge in [-0.25, -0.2) is 9.97 Å². The van der Waals surface area contributed by atoms with E-state index in [-0.39, 0.29) is 0 Å². The SMILES string of the molecule is CCOCC1CCCN(c2ncnc3sc(CC)cc23)C1. The van der Waals surface area contributed by atoms with E-state index in [1.807, 2.05) is 0 Å². The van der Waals surface area contributed by atoms with Gasteiger partial charge in [-0.05, 0) is 38.2 Å². The molecule has 1 unspecified atom stereocenters. The van der Waals surface area contributed by atoms with Crippen LogP contribution in [0.15, 0.2) is 12.4 Å². The largest absolute Gasteiger partial charge is 0.381 e. The Balaban J connectivity index is 1.83. The zero-order valence-electron chi connectivity index (χ0n) is 12.8. The lowest BCUT2D eigenvalue weighted by atomic mass is 9.99. The van der Waals surface area contributed by atoms with Crippen LogP contribution < -0.4 is 4.90 Å². The molecule has 21 heavy (non-hydrogen) atoms. The maximum atomic E-state index is 5.61. The molecule has 0 aliphatic carbocycles. The number of ether oxygens (including phenoxy) is 1. The highest BCUT2D eigenvalue weighted by molar-refractivity contribution is 7.18. The average Bonchev–Trinajstić information content (AvgIpc) is 2.96. The molecule has 5 heteroatoms. The summed E-state index contributed by atoms with van der Waals surface area (Å²) in [4.78, 5) is 13.9. The molecule has 4 nitrogen and oxygen atoms in total. The number of fused-ring (bicyclic) bond motifs is 1. The van der Waals surface area contributed by atoms with Gasteiger partial charge in [-0.2, -0.15) is 0 Å². The fourth-order valence-corrected chi connectivity index (χ4v) is 3.93. The van der Waals surface area contributed by atoms with E-state index in [2.05, 4.69) is 34.8 Å². The van der Waals surface area contributed by atoms with Crippen LogP contribution in [0.2, 0.25) is 0 Å². The molecular formula is C16H23N3OS. The molecule has 1 saturated heterocycles. The van der Waals surface area contributed by atoms with E-state index in [1.165, 1.54) is 23.1 Å². The van der Waals surface area contributed by atoms with Crippen LogP contribution in [0.5, 0.6) is 0 Å². The Kier molecular flexibility index (Phi) is 4.70. The van der Waals surface area contributed by atoms with Crippen LogP contribution in [0.1, 0.15) is 31.6 Å². The monoisotopic (exact) mass is 305 g/mol. The number of nitrogens with zero attached hydrogens (tertiary/aromatic N) is 3. The van der Waals surface area contributed by atoms with Crippen molar-refractivity contribution >= 4 is 27.4 Å². The zero-order valence-corrected chi connectivity index (χ0v) is 13.7. The number of hydrogen-bond acceptors (Lipinski definition) is 5. The van der Waals surface area contributed by atoms with Crippen molar-refractivity contribution in [3.63, 3.8) is 0 Å². The summed E-state index contributed by atoms with van der Waals surface area (Å²) in [7, 11) is 0. The lowest BCUT2D eigenvalue weighted by Crippen LogP contribution is -2.37. The molecule has 0 amide bonds. The summed E-state index contributed by atoms with van der Waals surface area (Å²) >= 11 is 1.79. The number of thiophene rings is 1. The van der Waals surface area contributed by atoms with E-state index in [4.69, 9.17) is 4.74 Å². The first-order valence-corrected chi connectivity index (χ1v) is 8.69. The van der Waals surface area contributed by atoms with Gasteiger partial charge in [-0.1, -0.05) is 6.92 Å². The van der Waals surface area contributed by atoms with Crippen molar-refractivity contribution in [3.8, 4) is 0 Å². The van der Waals surface area contributed by atoms with Crippen LogP contribution in [-0.4, -0.2) is 36.3 Å². The number of rotatable bonds is 5. The third-order valence-corrected chi connectivity index (χ3v) is 5.27. The molecule has 1 atom stereocenters. The Labute approximate surface area is 130 Å². The second-order valence-corrected chi connectivity index (χ2v) is 6.71. The quantitative estimate of drug-likeness (QED) is 0.847. The van der Waals surface area contributed by atoms with Crippen LogP contribution >= 0.6 is 11.3 Å². The molecule has 3 heterocycles.